The van der Waals surface area contributed by atoms with Crippen molar-refractivity contribution in [2.45, 2.75) is 0 Å². The van der Waals surface area contributed by atoms with Crippen LogP contribution in [0.3, 0.4) is 0 Å². The molecule has 2 N–H and O–H groups in total. The van der Waals surface area contributed by atoms with Crippen molar-refractivity contribution in [1.82, 2.24) is 24.5 Å². The molecule has 4 aromatic heterocycles. The van der Waals surface area contributed by atoms with Gasteiger partial charge in [-0.1, -0.05) is 23.2 Å². The highest BCUT2D eigenvalue weighted by Crippen LogP contribution is 2.40. The summed E-state index contributed by atoms with van der Waals surface area (Å²) < 4.78 is 2.36. The fourth-order valence-corrected chi connectivity index (χ4v) is 4.23. The molecule has 4 rings (SSSR count). The van der Waals surface area contributed by atoms with E-state index in [9.17, 15) is 10.1 Å². The Morgan fingerprint density at radius 1 is 1.16 bits per heavy atom. The lowest BCUT2D eigenvalue weighted by atomic mass is 10.3. The second-order valence-corrected chi connectivity index (χ2v) is 8.23. The van der Waals surface area contributed by atoms with Crippen LogP contribution in [-0.4, -0.2) is 42.5 Å². The van der Waals surface area contributed by atoms with Crippen LogP contribution >= 0.6 is 34.5 Å². The molecule has 0 aromatic carbocycles. The number of hydrogen-bond donors (Lipinski definition) is 2. The van der Waals surface area contributed by atoms with Crippen molar-refractivity contribution in [2.24, 2.45) is 0 Å². The summed E-state index contributed by atoms with van der Waals surface area (Å²) in [6.07, 6.45) is 7.99. The van der Waals surface area contributed by atoms with Gasteiger partial charge in [0.2, 0.25) is 5.95 Å². The number of hydrogen-bond acceptors (Lipinski definition) is 9. The maximum absolute atomic E-state index is 10.7. The topological polar surface area (TPSA) is 124 Å². The Kier molecular flexibility index (Phi) is 6.26. The number of halogens is 2. The largest absolute Gasteiger partial charge is 0.368 e. The van der Waals surface area contributed by atoms with Crippen LogP contribution in [0.5, 0.6) is 0 Å². The second-order valence-electron chi connectivity index (χ2n) is 6.14. The fraction of sp³-hybridized carbons (Fsp3) is 0.111. The van der Waals surface area contributed by atoms with Gasteiger partial charge in [0.25, 0.3) is 5.69 Å². The number of nitrogens with zero attached hydrogens (tertiary/aromatic N) is 6. The first-order valence-electron chi connectivity index (χ1n) is 8.90. The number of imidazole rings is 1. The van der Waals surface area contributed by atoms with E-state index in [2.05, 4.69) is 30.6 Å². The highest BCUT2D eigenvalue weighted by Gasteiger charge is 2.17. The number of thiophene rings is 1. The molecule has 0 atom stereocenters. The minimum Gasteiger partial charge on any atom is -0.368 e. The third-order valence-electron chi connectivity index (χ3n) is 4.10. The SMILES string of the molecule is O=[N+]([O-])c1ccc(NCCNc2ncc(-n3ccnc3)c(-c3sc(Cl)cc3Cl)n2)nc1. The smallest absolute Gasteiger partial charge is 0.287 e. The van der Waals surface area contributed by atoms with Crippen LogP contribution in [0.4, 0.5) is 17.5 Å². The van der Waals surface area contributed by atoms with Crippen molar-refractivity contribution >= 4 is 52.0 Å². The Balaban J connectivity index is 1.47. The molecular weight excluding hydrogens is 463 g/mol. The van der Waals surface area contributed by atoms with Gasteiger partial charge in [-0.25, -0.2) is 19.9 Å². The molecule has 4 aromatic rings. The van der Waals surface area contributed by atoms with Crippen LogP contribution in [0.15, 0.2) is 49.3 Å². The van der Waals surface area contributed by atoms with Gasteiger partial charge < -0.3 is 15.2 Å². The third-order valence-corrected chi connectivity index (χ3v) is 5.78. The van der Waals surface area contributed by atoms with Crippen molar-refractivity contribution in [3.05, 3.63) is 68.8 Å². The summed E-state index contributed by atoms with van der Waals surface area (Å²) in [5, 5.41) is 17.4. The Morgan fingerprint density at radius 2 is 2.00 bits per heavy atom. The van der Waals surface area contributed by atoms with E-state index in [1.54, 1.807) is 41.6 Å². The number of rotatable bonds is 8. The molecule has 0 unspecified atom stereocenters. The van der Waals surface area contributed by atoms with Crippen LogP contribution in [0.1, 0.15) is 0 Å². The molecule has 4 heterocycles. The van der Waals surface area contributed by atoms with E-state index in [0.717, 1.165) is 10.6 Å². The molecule has 13 heteroatoms. The Labute approximate surface area is 190 Å². The van der Waals surface area contributed by atoms with E-state index in [4.69, 9.17) is 23.2 Å². The number of nitrogens with one attached hydrogen (secondary N) is 2. The van der Waals surface area contributed by atoms with Crippen LogP contribution in [-0.2, 0) is 0 Å². The van der Waals surface area contributed by atoms with Crippen LogP contribution in [0, 0.1) is 10.1 Å². The Bertz CT molecular complexity index is 1200. The molecule has 0 saturated carbocycles. The summed E-state index contributed by atoms with van der Waals surface area (Å²) >= 11 is 13.8. The molecule has 0 saturated heterocycles. The molecule has 0 fully saturated rings. The Hall–Kier alpha value is -3.28. The van der Waals surface area contributed by atoms with Gasteiger partial charge in [-0.15, -0.1) is 11.3 Å². The molecule has 0 bridgehead atoms. The lowest BCUT2D eigenvalue weighted by Crippen LogP contribution is -2.16. The van der Waals surface area contributed by atoms with Gasteiger partial charge in [0.15, 0.2) is 0 Å². The van der Waals surface area contributed by atoms with Crippen LogP contribution in [0.2, 0.25) is 9.36 Å². The van der Waals surface area contributed by atoms with E-state index < -0.39 is 4.92 Å². The number of anilines is 2. The first-order chi connectivity index (χ1) is 15.0. The molecule has 0 amide bonds. The predicted molar refractivity (Wildman–Crippen MR) is 120 cm³/mol. The first-order valence-corrected chi connectivity index (χ1v) is 10.5. The Morgan fingerprint density at radius 3 is 2.65 bits per heavy atom. The van der Waals surface area contributed by atoms with Crippen molar-refractivity contribution in [1.29, 1.82) is 0 Å². The van der Waals surface area contributed by atoms with Crippen molar-refractivity contribution in [3.8, 4) is 16.3 Å². The average Bonchev–Trinajstić information content (AvgIpc) is 3.41. The maximum atomic E-state index is 10.7. The van der Waals surface area contributed by atoms with Crippen molar-refractivity contribution in [3.63, 3.8) is 0 Å². The van der Waals surface area contributed by atoms with E-state index in [-0.39, 0.29) is 5.69 Å². The van der Waals surface area contributed by atoms with Gasteiger partial charge in [0.1, 0.15) is 17.7 Å². The molecule has 10 nitrogen and oxygen atoms in total. The standard InChI is InChI=1S/C18H14Cl2N8O2S/c19-12-7-14(20)31-17(12)16-13(27-6-5-21-10-27)9-25-18(26-16)23-4-3-22-15-2-1-11(8-24-15)28(29)30/h1-2,5-10H,3-4H2,(H,22,24)(H,23,25,26). The summed E-state index contributed by atoms with van der Waals surface area (Å²) in [7, 11) is 0. The molecule has 0 spiro atoms. The molecule has 0 radical (unpaired) electrons. The predicted octanol–water partition coefficient (Wildman–Crippen LogP) is 4.52. The van der Waals surface area contributed by atoms with Crippen molar-refractivity contribution in [2.75, 3.05) is 23.7 Å². The third kappa shape index (κ3) is 4.90. The van der Waals surface area contributed by atoms with Gasteiger partial charge in [-0.05, 0) is 12.1 Å². The second kappa shape index (κ2) is 9.25. The van der Waals surface area contributed by atoms with Gasteiger partial charge in [0, 0.05) is 31.5 Å². The average molecular weight is 477 g/mol. The number of pyridine rings is 1. The summed E-state index contributed by atoms with van der Waals surface area (Å²) in [6, 6.07) is 4.62. The lowest BCUT2D eigenvalue weighted by molar-refractivity contribution is -0.385. The minimum absolute atomic E-state index is 0.0603. The van der Waals surface area contributed by atoms with Gasteiger partial charge in [0.05, 0.1) is 37.4 Å². The summed E-state index contributed by atoms with van der Waals surface area (Å²) in [6.45, 7) is 0.986. The first kappa shape index (κ1) is 21.0. The molecule has 0 aliphatic heterocycles. The summed E-state index contributed by atoms with van der Waals surface area (Å²) in [5.74, 6) is 0.947. The highest BCUT2D eigenvalue weighted by molar-refractivity contribution is 7.20. The van der Waals surface area contributed by atoms with Gasteiger partial charge in [-0.3, -0.25) is 10.1 Å². The number of aromatic nitrogens is 5. The maximum Gasteiger partial charge on any atom is 0.287 e. The molecule has 0 aliphatic rings. The zero-order valence-electron chi connectivity index (χ0n) is 15.7. The van der Waals surface area contributed by atoms with Gasteiger partial charge in [-0.2, -0.15) is 0 Å². The van der Waals surface area contributed by atoms with Crippen LogP contribution in [0.25, 0.3) is 16.3 Å². The molecule has 31 heavy (non-hydrogen) atoms. The fourth-order valence-electron chi connectivity index (χ4n) is 2.68. The van der Waals surface area contributed by atoms with Crippen molar-refractivity contribution < 1.29 is 4.92 Å². The highest BCUT2D eigenvalue weighted by atomic mass is 35.5. The zero-order valence-corrected chi connectivity index (χ0v) is 18.0. The normalized spacial score (nSPS) is 10.8. The monoisotopic (exact) mass is 476 g/mol. The zero-order chi connectivity index (χ0) is 21.8. The lowest BCUT2D eigenvalue weighted by Gasteiger charge is -2.12. The summed E-state index contributed by atoms with van der Waals surface area (Å²) in [4.78, 5) is 28.0. The van der Waals surface area contributed by atoms with E-state index in [1.165, 1.54) is 23.6 Å². The summed E-state index contributed by atoms with van der Waals surface area (Å²) in [5.41, 5.74) is 1.29. The van der Waals surface area contributed by atoms with E-state index >= 15 is 0 Å². The number of nitro groups is 1. The minimum atomic E-state index is -0.492. The quantitative estimate of drug-likeness (QED) is 0.216. The molecule has 0 aliphatic carbocycles. The van der Waals surface area contributed by atoms with Gasteiger partial charge >= 0.3 is 0 Å². The van der Waals surface area contributed by atoms with E-state index in [0.29, 0.717) is 39.9 Å². The van der Waals surface area contributed by atoms with E-state index in [1.807, 2.05) is 0 Å². The molecule has 158 valence electrons. The molecular formula is C18H14Cl2N8O2S. The van der Waals surface area contributed by atoms with Crippen LogP contribution < -0.4 is 10.6 Å².